The van der Waals surface area contributed by atoms with Crippen molar-refractivity contribution < 1.29 is 19.2 Å². The maximum Gasteiger partial charge on any atom is 0.342 e. The summed E-state index contributed by atoms with van der Waals surface area (Å²) in [5, 5.41) is 10.7. The number of ketones is 1. The van der Waals surface area contributed by atoms with Crippen LogP contribution in [-0.4, -0.2) is 32.8 Å². The molecule has 0 unspecified atom stereocenters. The largest absolute Gasteiger partial charge is 0.462 e. The van der Waals surface area contributed by atoms with Gasteiger partial charge < -0.3 is 14.9 Å². The minimum absolute atomic E-state index is 0.129. The van der Waals surface area contributed by atoms with E-state index in [1.807, 2.05) is 0 Å². The van der Waals surface area contributed by atoms with Gasteiger partial charge in [0.2, 0.25) is 5.82 Å². The predicted molar refractivity (Wildman–Crippen MR) is 65.2 cm³/mol. The zero-order chi connectivity index (χ0) is 14.6. The van der Waals surface area contributed by atoms with E-state index in [4.69, 9.17) is 4.74 Å². The van der Waals surface area contributed by atoms with Gasteiger partial charge in [-0.15, -0.1) is 0 Å². The molecule has 0 saturated heterocycles. The lowest BCUT2D eigenvalue weighted by Crippen LogP contribution is -2.14. The van der Waals surface area contributed by atoms with Crippen molar-refractivity contribution in [3.63, 3.8) is 0 Å². The fourth-order valence-electron chi connectivity index (χ4n) is 1.36. The molecule has 0 bridgehead atoms. The Hall–Kier alpha value is -2.51. The minimum Gasteiger partial charge on any atom is -0.462 e. The second-order valence-corrected chi connectivity index (χ2v) is 3.63. The maximum atomic E-state index is 11.6. The number of carbonyl (C=O) groups is 2. The van der Waals surface area contributed by atoms with Gasteiger partial charge in [0, 0.05) is 6.08 Å². The van der Waals surface area contributed by atoms with Crippen molar-refractivity contribution in [1.82, 2.24) is 9.55 Å². The number of esters is 1. The Bertz CT molecular complexity index is 559. The van der Waals surface area contributed by atoms with Crippen LogP contribution >= 0.6 is 0 Å². The highest BCUT2D eigenvalue weighted by molar-refractivity contribution is 6.19. The first kappa shape index (κ1) is 14.6. The molecule has 0 aliphatic rings. The first-order valence-corrected chi connectivity index (χ1v) is 5.44. The highest BCUT2D eigenvalue weighted by atomic mass is 16.6. The van der Waals surface area contributed by atoms with Crippen molar-refractivity contribution in [3.05, 3.63) is 27.7 Å². The van der Waals surface area contributed by atoms with E-state index in [-0.39, 0.29) is 23.8 Å². The number of ether oxygens (including phenoxy) is 1. The monoisotopic (exact) mass is 267 g/mol. The fourth-order valence-corrected chi connectivity index (χ4v) is 1.36. The minimum atomic E-state index is -0.777. The van der Waals surface area contributed by atoms with Gasteiger partial charge in [0.05, 0.1) is 13.7 Å². The standard InChI is InChI=1S/C11H13N3O5/c1-4-19-11(16)8(7(2)15)5-9-12-6-10(13(9)3)14(17)18/h5-6H,4H2,1-3H3/b8-5+. The van der Waals surface area contributed by atoms with Crippen LogP contribution in [0.25, 0.3) is 6.08 Å². The van der Waals surface area contributed by atoms with E-state index in [0.717, 1.165) is 6.20 Å². The third-order valence-electron chi connectivity index (χ3n) is 2.33. The molecule has 1 aromatic heterocycles. The fraction of sp³-hybridized carbons (Fsp3) is 0.364. The molecule has 19 heavy (non-hydrogen) atoms. The second-order valence-electron chi connectivity index (χ2n) is 3.63. The average molecular weight is 267 g/mol. The molecular weight excluding hydrogens is 254 g/mol. The summed E-state index contributed by atoms with van der Waals surface area (Å²) < 4.78 is 5.90. The van der Waals surface area contributed by atoms with Gasteiger partial charge in [-0.25, -0.2) is 14.3 Å². The van der Waals surface area contributed by atoms with Crippen molar-refractivity contribution >= 4 is 23.6 Å². The summed E-state index contributed by atoms with van der Waals surface area (Å²) in [5.74, 6) is -1.38. The Morgan fingerprint density at radius 3 is 2.63 bits per heavy atom. The van der Waals surface area contributed by atoms with E-state index < -0.39 is 16.7 Å². The molecule has 0 aromatic carbocycles. The lowest BCUT2D eigenvalue weighted by atomic mass is 10.1. The maximum absolute atomic E-state index is 11.6. The lowest BCUT2D eigenvalue weighted by Gasteiger charge is -2.02. The van der Waals surface area contributed by atoms with E-state index in [0.29, 0.717) is 0 Å². The molecule has 102 valence electrons. The molecule has 8 heteroatoms. The first-order valence-electron chi connectivity index (χ1n) is 5.44. The Morgan fingerprint density at radius 2 is 2.21 bits per heavy atom. The first-order chi connectivity index (χ1) is 8.88. The molecular formula is C11H13N3O5. The van der Waals surface area contributed by atoms with Gasteiger partial charge in [0.15, 0.2) is 5.78 Å². The van der Waals surface area contributed by atoms with Gasteiger partial charge in [-0.1, -0.05) is 0 Å². The van der Waals surface area contributed by atoms with Crippen molar-refractivity contribution in [2.24, 2.45) is 7.05 Å². The zero-order valence-electron chi connectivity index (χ0n) is 10.7. The summed E-state index contributed by atoms with van der Waals surface area (Å²) in [6.07, 6.45) is 2.22. The Balaban J connectivity index is 3.20. The smallest absolute Gasteiger partial charge is 0.342 e. The highest BCUT2D eigenvalue weighted by Gasteiger charge is 2.20. The summed E-state index contributed by atoms with van der Waals surface area (Å²) >= 11 is 0. The number of imidazole rings is 1. The third-order valence-corrected chi connectivity index (χ3v) is 2.33. The molecule has 1 rings (SSSR count). The predicted octanol–water partition coefficient (Wildman–Crippen LogP) is 0.864. The zero-order valence-corrected chi connectivity index (χ0v) is 10.7. The van der Waals surface area contributed by atoms with Crippen LogP contribution in [0, 0.1) is 10.1 Å². The third kappa shape index (κ3) is 3.24. The quantitative estimate of drug-likeness (QED) is 0.196. The van der Waals surface area contributed by atoms with Crippen LogP contribution in [0.4, 0.5) is 5.82 Å². The summed E-state index contributed by atoms with van der Waals surface area (Å²) in [7, 11) is 1.42. The Morgan fingerprint density at radius 1 is 1.58 bits per heavy atom. The molecule has 0 saturated carbocycles. The molecule has 0 fully saturated rings. The molecule has 0 aliphatic heterocycles. The van der Waals surface area contributed by atoms with Gasteiger partial charge >= 0.3 is 11.8 Å². The van der Waals surface area contributed by atoms with Gasteiger partial charge in [-0.2, -0.15) is 0 Å². The highest BCUT2D eigenvalue weighted by Crippen LogP contribution is 2.15. The Labute approximate surface area is 108 Å². The molecule has 1 heterocycles. The van der Waals surface area contributed by atoms with Crippen LogP contribution in [0.15, 0.2) is 11.8 Å². The molecule has 0 spiro atoms. The number of hydrogen-bond acceptors (Lipinski definition) is 6. The van der Waals surface area contributed by atoms with Crippen molar-refractivity contribution in [1.29, 1.82) is 0 Å². The lowest BCUT2D eigenvalue weighted by molar-refractivity contribution is -0.391. The summed E-state index contributed by atoms with van der Waals surface area (Å²) in [6, 6.07) is 0. The van der Waals surface area contributed by atoms with Crippen LogP contribution in [0.5, 0.6) is 0 Å². The van der Waals surface area contributed by atoms with Crippen LogP contribution in [0.2, 0.25) is 0 Å². The van der Waals surface area contributed by atoms with Crippen molar-refractivity contribution in [2.45, 2.75) is 13.8 Å². The second kappa shape index (κ2) is 5.89. The summed E-state index contributed by atoms with van der Waals surface area (Å²) in [6.45, 7) is 2.95. The van der Waals surface area contributed by atoms with E-state index in [2.05, 4.69) is 4.98 Å². The van der Waals surface area contributed by atoms with Crippen molar-refractivity contribution in [3.8, 4) is 0 Å². The SMILES string of the molecule is CCOC(=O)/C(=C/c1ncc([N+](=O)[O-])n1C)C(C)=O. The topological polar surface area (TPSA) is 104 Å². The molecule has 1 aromatic rings. The number of nitro groups is 1. The van der Waals surface area contributed by atoms with Gasteiger partial charge in [0.25, 0.3) is 0 Å². The van der Waals surface area contributed by atoms with Crippen LogP contribution < -0.4 is 0 Å². The van der Waals surface area contributed by atoms with E-state index in [1.54, 1.807) is 6.92 Å². The van der Waals surface area contributed by atoms with Crippen LogP contribution in [0.3, 0.4) is 0 Å². The van der Waals surface area contributed by atoms with E-state index in [1.165, 1.54) is 24.6 Å². The summed E-state index contributed by atoms with van der Waals surface area (Å²) in [4.78, 5) is 36.8. The van der Waals surface area contributed by atoms with Gasteiger partial charge in [0.1, 0.15) is 11.8 Å². The molecule has 0 N–H and O–H groups in total. The number of aromatic nitrogens is 2. The van der Waals surface area contributed by atoms with Crippen molar-refractivity contribution in [2.75, 3.05) is 6.61 Å². The number of nitrogens with zero attached hydrogens (tertiary/aromatic N) is 3. The number of Topliss-reactive ketones (excluding diaryl/α,β-unsaturated/α-hetero) is 1. The van der Waals surface area contributed by atoms with Crippen LogP contribution in [0.1, 0.15) is 19.7 Å². The van der Waals surface area contributed by atoms with E-state index >= 15 is 0 Å². The summed E-state index contributed by atoms with van der Waals surface area (Å²) in [5.41, 5.74) is -0.203. The average Bonchev–Trinajstić information content (AvgIpc) is 2.67. The molecule has 0 aliphatic carbocycles. The van der Waals surface area contributed by atoms with Crippen LogP contribution in [-0.2, 0) is 21.4 Å². The number of rotatable bonds is 5. The molecule has 0 radical (unpaired) electrons. The van der Waals surface area contributed by atoms with Gasteiger partial charge in [-0.3, -0.25) is 4.79 Å². The Kier molecular flexibility index (Phi) is 4.51. The van der Waals surface area contributed by atoms with E-state index in [9.17, 15) is 19.7 Å². The normalized spacial score (nSPS) is 11.2. The molecule has 8 nitrogen and oxygen atoms in total. The molecule has 0 amide bonds. The van der Waals surface area contributed by atoms with Gasteiger partial charge in [-0.05, 0) is 18.8 Å². The number of hydrogen-bond donors (Lipinski definition) is 0. The number of carbonyl (C=O) groups excluding carboxylic acids is 2. The molecule has 0 atom stereocenters.